The maximum Gasteiger partial charge on any atom is 0.270 e. The Balaban J connectivity index is 2.37. The number of hydrogen-bond acceptors (Lipinski definition) is 4. The first-order chi connectivity index (χ1) is 10.1. The molecule has 0 atom stereocenters. The van der Waals surface area contributed by atoms with Crippen LogP contribution in [0.4, 0.5) is 5.69 Å². The van der Waals surface area contributed by atoms with Gasteiger partial charge in [0.1, 0.15) is 0 Å². The van der Waals surface area contributed by atoms with E-state index in [-0.39, 0.29) is 11.0 Å². The van der Waals surface area contributed by atoms with Crippen molar-refractivity contribution in [3.63, 3.8) is 0 Å². The second kappa shape index (κ2) is 5.27. The van der Waals surface area contributed by atoms with Gasteiger partial charge in [-0.2, -0.15) is 0 Å². The van der Waals surface area contributed by atoms with Gasteiger partial charge in [0, 0.05) is 28.1 Å². The van der Waals surface area contributed by atoms with Crippen LogP contribution in [-0.2, 0) is 0 Å². The van der Waals surface area contributed by atoms with Gasteiger partial charge in [0.05, 0.1) is 16.1 Å². The fraction of sp³-hybridized carbons (Fsp3) is 0. The highest BCUT2D eigenvalue weighted by Crippen LogP contribution is 2.33. The summed E-state index contributed by atoms with van der Waals surface area (Å²) in [4.78, 5) is 18.7. The Morgan fingerprint density at radius 2 is 1.81 bits per heavy atom. The molecule has 0 N–H and O–H groups in total. The molecule has 0 amide bonds. The van der Waals surface area contributed by atoms with Crippen molar-refractivity contribution in [2.24, 2.45) is 0 Å². The number of non-ortho nitro benzene ring substituents is 1. The summed E-state index contributed by atoms with van der Waals surface area (Å²) in [5.74, 6) is 0. The van der Waals surface area contributed by atoms with Crippen molar-refractivity contribution in [3.05, 3.63) is 62.9 Å². The van der Waals surface area contributed by atoms with Gasteiger partial charge in [-0.05, 0) is 23.7 Å². The molecular weight excluding hydrogens is 313 g/mol. The van der Waals surface area contributed by atoms with Crippen LogP contribution in [-0.4, -0.2) is 14.9 Å². The van der Waals surface area contributed by atoms with E-state index in [0.717, 1.165) is 0 Å². The van der Waals surface area contributed by atoms with Crippen molar-refractivity contribution < 1.29 is 4.92 Å². The SMILES string of the molecule is O=[N+]([O-])c1ccc2nc(Cl)nc(-c3ccccc3Cl)c2c1. The van der Waals surface area contributed by atoms with Crippen LogP contribution in [0.5, 0.6) is 0 Å². The standard InChI is InChI=1S/C14H7Cl2N3O2/c15-11-4-2-1-3-9(11)13-10-7-8(19(20)21)5-6-12(10)17-14(16)18-13/h1-7H. The smallest absolute Gasteiger partial charge is 0.258 e. The summed E-state index contributed by atoms with van der Waals surface area (Å²) in [6.07, 6.45) is 0. The molecule has 0 fully saturated rings. The molecule has 0 aliphatic carbocycles. The van der Waals surface area contributed by atoms with Crippen LogP contribution in [0.25, 0.3) is 22.2 Å². The summed E-state index contributed by atoms with van der Waals surface area (Å²) >= 11 is 12.1. The summed E-state index contributed by atoms with van der Waals surface area (Å²) in [6.45, 7) is 0. The largest absolute Gasteiger partial charge is 0.270 e. The van der Waals surface area contributed by atoms with Gasteiger partial charge in [0.25, 0.3) is 5.69 Å². The lowest BCUT2D eigenvalue weighted by molar-refractivity contribution is -0.384. The molecule has 0 aliphatic rings. The molecular formula is C14H7Cl2N3O2. The molecule has 7 heteroatoms. The fourth-order valence-corrected chi connectivity index (χ4v) is 2.46. The van der Waals surface area contributed by atoms with Gasteiger partial charge in [-0.3, -0.25) is 10.1 Å². The quantitative estimate of drug-likeness (QED) is 0.396. The third-order valence-electron chi connectivity index (χ3n) is 2.99. The van der Waals surface area contributed by atoms with Crippen LogP contribution in [0.3, 0.4) is 0 Å². The van der Waals surface area contributed by atoms with Gasteiger partial charge < -0.3 is 0 Å². The third kappa shape index (κ3) is 2.53. The maximum atomic E-state index is 10.9. The lowest BCUT2D eigenvalue weighted by atomic mass is 10.1. The fourth-order valence-electron chi connectivity index (χ4n) is 2.06. The number of benzene rings is 2. The molecule has 0 radical (unpaired) electrons. The summed E-state index contributed by atoms with van der Waals surface area (Å²) in [5.41, 5.74) is 1.60. The minimum absolute atomic E-state index is 0.0401. The van der Waals surface area contributed by atoms with Crippen molar-refractivity contribution in [1.29, 1.82) is 0 Å². The Morgan fingerprint density at radius 3 is 2.52 bits per heavy atom. The highest BCUT2D eigenvalue weighted by molar-refractivity contribution is 6.34. The first-order valence-corrected chi connectivity index (χ1v) is 6.68. The molecule has 1 aromatic heterocycles. The molecule has 0 bridgehead atoms. The highest BCUT2D eigenvalue weighted by Gasteiger charge is 2.15. The number of aromatic nitrogens is 2. The monoisotopic (exact) mass is 319 g/mol. The Morgan fingerprint density at radius 1 is 1.05 bits per heavy atom. The van der Waals surface area contributed by atoms with Gasteiger partial charge in [-0.15, -0.1) is 0 Å². The van der Waals surface area contributed by atoms with Gasteiger partial charge in [-0.1, -0.05) is 29.8 Å². The van der Waals surface area contributed by atoms with E-state index in [9.17, 15) is 10.1 Å². The van der Waals surface area contributed by atoms with Gasteiger partial charge in [0.15, 0.2) is 0 Å². The number of hydrogen-bond donors (Lipinski definition) is 0. The predicted molar refractivity (Wildman–Crippen MR) is 81.6 cm³/mol. The first-order valence-electron chi connectivity index (χ1n) is 5.93. The molecule has 5 nitrogen and oxygen atoms in total. The summed E-state index contributed by atoms with van der Waals surface area (Å²) in [5, 5.41) is 12.0. The molecule has 21 heavy (non-hydrogen) atoms. The molecule has 104 valence electrons. The number of rotatable bonds is 2. The first kappa shape index (κ1) is 13.7. The molecule has 0 aliphatic heterocycles. The van der Waals surface area contributed by atoms with Crippen molar-refractivity contribution >= 4 is 39.8 Å². The molecule has 0 unspecified atom stereocenters. The third-order valence-corrected chi connectivity index (χ3v) is 3.49. The molecule has 0 spiro atoms. The van der Waals surface area contributed by atoms with Gasteiger partial charge >= 0.3 is 0 Å². The zero-order valence-electron chi connectivity index (χ0n) is 10.5. The van der Waals surface area contributed by atoms with Gasteiger partial charge in [0.2, 0.25) is 5.28 Å². The molecule has 3 aromatic rings. The van der Waals surface area contributed by atoms with E-state index >= 15 is 0 Å². The molecule has 1 heterocycles. The van der Waals surface area contributed by atoms with Crippen LogP contribution < -0.4 is 0 Å². The van der Waals surface area contributed by atoms with Crippen LogP contribution in [0.1, 0.15) is 0 Å². The number of fused-ring (bicyclic) bond motifs is 1. The number of nitro benzene ring substituents is 1. The normalized spacial score (nSPS) is 10.8. The number of nitro groups is 1. The summed E-state index contributed by atoms with van der Waals surface area (Å²) in [6, 6.07) is 11.4. The second-order valence-electron chi connectivity index (χ2n) is 4.28. The van der Waals surface area contributed by atoms with E-state index in [1.54, 1.807) is 30.3 Å². The minimum atomic E-state index is -0.468. The average molecular weight is 320 g/mol. The predicted octanol–water partition coefficient (Wildman–Crippen LogP) is 4.51. The van der Waals surface area contributed by atoms with E-state index in [1.165, 1.54) is 12.1 Å². The van der Waals surface area contributed by atoms with Crippen molar-refractivity contribution in [1.82, 2.24) is 9.97 Å². The van der Waals surface area contributed by atoms with E-state index in [1.807, 2.05) is 0 Å². The maximum absolute atomic E-state index is 10.9. The lowest BCUT2D eigenvalue weighted by Crippen LogP contribution is -1.94. The Bertz CT molecular complexity index is 868. The zero-order valence-corrected chi connectivity index (χ0v) is 12.0. The average Bonchev–Trinajstić information content (AvgIpc) is 2.46. The highest BCUT2D eigenvalue weighted by atomic mass is 35.5. The second-order valence-corrected chi connectivity index (χ2v) is 5.02. The molecule has 3 rings (SSSR count). The van der Waals surface area contributed by atoms with Crippen molar-refractivity contribution in [2.75, 3.05) is 0 Å². The van der Waals surface area contributed by atoms with E-state index in [4.69, 9.17) is 23.2 Å². The zero-order chi connectivity index (χ0) is 15.0. The van der Waals surface area contributed by atoms with Crippen LogP contribution in [0, 0.1) is 10.1 Å². The minimum Gasteiger partial charge on any atom is -0.258 e. The van der Waals surface area contributed by atoms with Crippen LogP contribution in [0.2, 0.25) is 10.3 Å². The van der Waals surface area contributed by atoms with Crippen LogP contribution >= 0.6 is 23.2 Å². The van der Waals surface area contributed by atoms with E-state index in [0.29, 0.717) is 27.2 Å². The van der Waals surface area contributed by atoms with Crippen LogP contribution in [0.15, 0.2) is 42.5 Å². The topological polar surface area (TPSA) is 68.9 Å². The number of halogens is 2. The van der Waals surface area contributed by atoms with Gasteiger partial charge in [-0.25, -0.2) is 9.97 Å². The van der Waals surface area contributed by atoms with Crippen molar-refractivity contribution in [3.8, 4) is 11.3 Å². The lowest BCUT2D eigenvalue weighted by Gasteiger charge is -2.07. The van der Waals surface area contributed by atoms with E-state index in [2.05, 4.69) is 9.97 Å². The Labute approximate surface area is 129 Å². The summed E-state index contributed by atoms with van der Waals surface area (Å²) < 4.78 is 0. The van der Waals surface area contributed by atoms with Crippen molar-refractivity contribution in [2.45, 2.75) is 0 Å². The summed E-state index contributed by atoms with van der Waals surface area (Å²) in [7, 11) is 0. The number of nitrogens with zero attached hydrogens (tertiary/aromatic N) is 3. The molecule has 2 aromatic carbocycles. The molecule has 0 saturated carbocycles. The molecule has 0 saturated heterocycles. The Kier molecular flexibility index (Phi) is 3.45. The Hall–Kier alpha value is -2.24. The van der Waals surface area contributed by atoms with E-state index < -0.39 is 4.92 Å².